The lowest BCUT2D eigenvalue weighted by atomic mass is 9.93. The first-order valence-corrected chi connectivity index (χ1v) is 9.68. The molecule has 1 atom stereocenters. The van der Waals surface area contributed by atoms with Gasteiger partial charge < -0.3 is 5.32 Å². The van der Waals surface area contributed by atoms with Crippen LogP contribution in [0, 0.1) is 0 Å². The van der Waals surface area contributed by atoms with Crippen LogP contribution in [-0.2, 0) is 14.8 Å². The van der Waals surface area contributed by atoms with E-state index >= 15 is 0 Å². The van der Waals surface area contributed by atoms with E-state index in [1.807, 2.05) is 37.3 Å². The average Bonchev–Trinajstić information content (AvgIpc) is 2.60. The zero-order chi connectivity index (χ0) is 18.4. The van der Waals surface area contributed by atoms with E-state index in [9.17, 15) is 13.2 Å². The Hall–Kier alpha value is -2.18. The zero-order valence-corrected chi connectivity index (χ0v) is 15.6. The van der Waals surface area contributed by atoms with E-state index in [4.69, 9.17) is 0 Å². The molecule has 0 aliphatic heterocycles. The number of hydrogen-bond acceptors (Lipinski definition) is 3. The molecule has 0 saturated carbocycles. The monoisotopic (exact) mass is 360 g/mol. The summed E-state index contributed by atoms with van der Waals surface area (Å²) in [4.78, 5) is 12.9. The molecular formula is C19H24N2O3S. The molecule has 0 aliphatic carbocycles. The van der Waals surface area contributed by atoms with Crippen molar-refractivity contribution < 1.29 is 13.2 Å². The minimum absolute atomic E-state index is 0.0868. The lowest BCUT2D eigenvalue weighted by molar-refractivity contribution is -0.117. The Morgan fingerprint density at radius 2 is 1.64 bits per heavy atom. The van der Waals surface area contributed by atoms with E-state index < -0.39 is 10.0 Å². The van der Waals surface area contributed by atoms with Crippen molar-refractivity contribution in [2.45, 2.75) is 30.6 Å². The summed E-state index contributed by atoms with van der Waals surface area (Å²) < 4.78 is 25.3. The molecule has 0 bridgehead atoms. The van der Waals surface area contributed by atoms with E-state index in [0.717, 1.165) is 22.7 Å². The summed E-state index contributed by atoms with van der Waals surface area (Å²) in [5.74, 6) is -0.312. The lowest BCUT2D eigenvalue weighted by Gasteiger charge is -2.17. The van der Waals surface area contributed by atoms with Gasteiger partial charge in [0.15, 0.2) is 0 Å². The Balaban J connectivity index is 2.16. The highest BCUT2D eigenvalue weighted by atomic mass is 32.2. The molecule has 0 saturated heterocycles. The van der Waals surface area contributed by atoms with Crippen LogP contribution in [0.2, 0.25) is 0 Å². The van der Waals surface area contributed by atoms with E-state index in [2.05, 4.69) is 5.32 Å². The van der Waals surface area contributed by atoms with E-state index in [-0.39, 0.29) is 16.7 Å². The van der Waals surface area contributed by atoms with Crippen LogP contribution in [0.3, 0.4) is 0 Å². The zero-order valence-electron chi connectivity index (χ0n) is 14.8. The Morgan fingerprint density at radius 3 is 2.16 bits per heavy atom. The molecule has 134 valence electrons. The predicted octanol–water partition coefficient (Wildman–Crippen LogP) is 3.46. The Kier molecular flexibility index (Phi) is 6.33. The maximum atomic E-state index is 12.7. The highest BCUT2D eigenvalue weighted by molar-refractivity contribution is 7.89. The molecule has 2 aromatic rings. The maximum Gasteiger partial charge on any atom is 0.242 e. The second-order valence-corrected chi connectivity index (χ2v) is 8.20. The fourth-order valence-corrected chi connectivity index (χ4v) is 3.48. The highest BCUT2D eigenvalue weighted by Gasteiger charge is 2.20. The van der Waals surface area contributed by atoms with Gasteiger partial charge in [-0.1, -0.05) is 43.7 Å². The number of nitrogens with one attached hydrogen (secondary N) is 1. The van der Waals surface area contributed by atoms with Crippen LogP contribution in [0.1, 0.15) is 31.2 Å². The molecule has 1 amide bonds. The molecule has 25 heavy (non-hydrogen) atoms. The second-order valence-electron chi connectivity index (χ2n) is 6.05. The minimum Gasteiger partial charge on any atom is -0.326 e. The summed E-state index contributed by atoms with van der Waals surface area (Å²) in [6, 6.07) is 15.9. The van der Waals surface area contributed by atoms with Crippen molar-refractivity contribution in [3.05, 3.63) is 60.2 Å². The van der Waals surface area contributed by atoms with Crippen LogP contribution in [0.25, 0.3) is 0 Å². The highest BCUT2D eigenvalue weighted by Crippen LogP contribution is 2.24. The number of amides is 1. The van der Waals surface area contributed by atoms with Crippen LogP contribution in [0.15, 0.2) is 59.5 Å². The number of carbonyl (C=O) groups is 1. The van der Waals surface area contributed by atoms with Gasteiger partial charge in [0.2, 0.25) is 15.9 Å². The normalized spacial score (nSPS) is 12.8. The van der Waals surface area contributed by atoms with Gasteiger partial charge >= 0.3 is 0 Å². The first-order valence-electron chi connectivity index (χ1n) is 8.24. The molecule has 1 N–H and O–H groups in total. The SMILES string of the molecule is CCC[C@H](C(=O)Nc1ccc(S(=O)(=O)N(C)C)cc1)c1ccccc1. The molecule has 0 radical (unpaired) electrons. The number of benzene rings is 2. The Labute approximate surface area is 149 Å². The first-order chi connectivity index (χ1) is 11.9. The van der Waals surface area contributed by atoms with E-state index in [0.29, 0.717) is 5.69 Å². The fourth-order valence-electron chi connectivity index (χ4n) is 2.57. The summed E-state index contributed by atoms with van der Waals surface area (Å²) in [6.45, 7) is 2.05. The minimum atomic E-state index is -3.47. The van der Waals surface area contributed by atoms with E-state index in [1.165, 1.54) is 26.2 Å². The van der Waals surface area contributed by atoms with Crippen LogP contribution >= 0.6 is 0 Å². The van der Waals surface area contributed by atoms with Crippen LogP contribution in [0.4, 0.5) is 5.69 Å². The van der Waals surface area contributed by atoms with Crippen molar-refractivity contribution in [2.75, 3.05) is 19.4 Å². The maximum absolute atomic E-state index is 12.7. The molecule has 0 fully saturated rings. The van der Waals surface area contributed by atoms with Crippen molar-refractivity contribution in [2.24, 2.45) is 0 Å². The van der Waals surface area contributed by atoms with Crippen molar-refractivity contribution in [1.29, 1.82) is 0 Å². The molecule has 5 nitrogen and oxygen atoms in total. The summed E-state index contributed by atoms with van der Waals surface area (Å²) in [6.07, 6.45) is 1.65. The standard InChI is InChI=1S/C19H24N2O3S/c1-4-8-18(15-9-6-5-7-10-15)19(22)20-16-11-13-17(14-12-16)25(23,24)21(2)3/h5-7,9-14,18H,4,8H2,1-3H3,(H,20,22)/t18-/m0/s1. The third-order valence-corrected chi connectivity index (χ3v) is 5.83. The van der Waals surface area contributed by atoms with Crippen LogP contribution in [0.5, 0.6) is 0 Å². The van der Waals surface area contributed by atoms with Crippen LogP contribution < -0.4 is 5.32 Å². The summed E-state index contributed by atoms with van der Waals surface area (Å²) in [5.41, 5.74) is 1.56. The third-order valence-electron chi connectivity index (χ3n) is 4.00. The van der Waals surface area contributed by atoms with Gasteiger partial charge in [-0.05, 0) is 36.2 Å². The summed E-state index contributed by atoms with van der Waals surface area (Å²) >= 11 is 0. The number of sulfonamides is 1. The van der Waals surface area contributed by atoms with E-state index in [1.54, 1.807) is 12.1 Å². The summed E-state index contributed by atoms with van der Waals surface area (Å²) in [7, 11) is -0.497. The number of rotatable bonds is 7. The van der Waals surface area contributed by atoms with Gasteiger partial charge in [0.05, 0.1) is 10.8 Å². The molecule has 2 aromatic carbocycles. The molecule has 0 heterocycles. The molecule has 6 heteroatoms. The van der Waals surface area contributed by atoms with Crippen molar-refractivity contribution in [1.82, 2.24) is 4.31 Å². The van der Waals surface area contributed by atoms with Crippen molar-refractivity contribution >= 4 is 21.6 Å². The third kappa shape index (κ3) is 4.67. The average molecular weight is 360 g/mol. The van der Waals surface area contributed by atoms with Gasteiger partial charge in [-0.2, -0.15) is 0 Å². The second kappa shape index (κ2) is 8.27. The smallest absolute Gasteiger partial charge is 0.242 e. The Bertz CT molecular complexity index is 800. The lowest BCUT2D eigenvalue weighted by Crippen LogP contribution is -2.23. The van der Waals surface area contributed by atoms with Gasteiger partial charge in [0.25, 0.3) is 0 Å². The van der Waals surface area contributed by atoms with Crippen molar-refractivity contribution in [3.8, 4) is 0 Å². The topological polar surface area (TPSA) is 66.5 Å². The van der Waals surface area contributed by atoms with Gasteiger partial charge in [0.1, 0.15) is 0 Å². The first kappa shape index (κ1) is 19.1. The van der Waals surface area contributed by atoms with Crippen LogP contribution in [-0.4, -0.2) is 32.7 Å². The van der Waals surface area contributed by atoms with Gasteiger partial charge in [0, 0.05) is 19.8 Å². The Morgan fingerprint density at radius 1 is 1.04 bits per heavy atom. The quantitative estimate of drug-likeness (QED) is 0.822. The molecule has 0 aliphatic rings. The molecule has 0 spiro atoms. The summed E-state index contributed by atoms with van der Waals surface area (Å²) in [5, 5.41) is 2.89. The number of carbonyl (C=O) groups excluding carboxylic acids is 1. The molecule has 0 aromatic heterocycles. The molecular weight excluding hydrogens is 336 g/mol. The number of hydrogen-bond donors (Lipinski definition) is 1. The molecule has 0 unspecified atom stereocenters. The molecule has 2 rings (SSSR count). The predicted molar refractivity (Wildman–Crippen MR) is 100 cm³/mol. The number of nitrogens with zero attached hydrogens (tertiary/aromatic N) is 1. The van der Waals surface area contributed by atoms with Gasteiger partial charge in [-0.15, -0.1) is 0 Å². The fraction of sp³-hybridized carbons (Fsp3) is 0.316. The largest absolute Gasteiger partial charge is 0.326 e. The van der Waals surface area contributed by atoms with Crippen molar-refractivity contribution in [3.63, 3.8) is 0 Å². The number of anilines is 1. The van der Waals surface area contributed by atoms with Gasteiger partial charge in [-0.25, -0.2) is 12.7 Å². The van der Waals surface area contributed by atoms with Gasteiger partial charge in [-0.3, -0.25) is 4.79 Å².